The fourth-order valence-electron chi connectivity index (χ4n) is 12.8. The zero-order valence-corrected chi connectivity index (χ0v) is 27.5. The number of nitrogens with one attached hydrogen (secondary N) is 1. The number of carbonyl (C=O) groups is 1. The summed E-state index contributed by atoms with van der Waals surface area (Å²) in [5.74, 6) is 3.60. The molecule has 0 aliphatic heterocycles. The monoisotopic (exact) mass is 567 g/mol. The van der Waals surface area contributed by atoms with E-state index in [0.717, 1.165) is 48.3 Å². The van der Waals surface area contributed by atoms with Gasteiger partial charge in [0.2, 0.25) is 0 Å². The standard InChI is InChI=1S/C37H61NO3/c1-10-33(6)25(3)13-16-34(7)30(33)15-17-36(9)31(34)12-11-29-32-28(24(2)23-41-27(5)40)14-18-37(32,20-19-35(29,36)8)26(4)38-21-22-39/h25,28-32,38-39H,2,4,10-23H2,1,3,5-9H3/t25-,28?,29?,30-,31+,32+,33+,34-,35+,36+,37+/m0/s1. The molecule has 5 rings (SSSR count). The van der Waals surface area contributed by atoms with Crippen molar-refractivity contribution in [2.45, 2.75) is 119 Å². The normalized spacial score (nSPS) is 48.7. The lowest BCUT2D eigenvalue weighted by molar-refractivity contribution is -0.242. The van der Waals surface area contributed by atoms with E-state index < -0.39 is 0 Å². The van der Waals surface area contributed by atoms with Crippen molar-refractivity contribution in [1.82, 2.24) is 5.32 Å². The van der Waals surface area contributed by atoms with Crippen molar-refractivity contribution in [2.75, 3.05) is 19.8 Å². The maximum absolute atomic E-state index is 11.7. The molecule has 5 aliphatic rings. The third kappa shape index (κ3) is 4.33. The van der Waals surface area contributed by atoms with Gasteiger partial charge in [0, 0.05) is 24.6 Å². The quantitative estimate of drug-likeness (QED) is 0.229. The van der Waals surface area contributed by atoms with E-state index in [2.05, 4.69) is 60.0 Å². The topological polar surface area (TPSA) is 58.6 Å². The number of hydrogen-bond donors (Lipinski definition) is 2. The van der Waals surface area contributed by atoms with Gasteiger partial charge in [0.05, 0.1) is 6.61 Å². The van der Waals surface area contributed by atoms with Crippen LogP contribution in [0.4, 0.5) is 0 Å². The van der Waals surface area contributed by atoms with Gasteiger partial charge in [-0.25, -0.2) is 0 Å². The molecule has 0 aromatic rings. The van der Waals surface area contributed by atoms with Crippen LogP contribution in [0, 0.1) is 62.6 Å². The number of ether oxygens (including phenoxy) is 1. The summed E-state index contributed by atoms with van der Waals surface area (Å²) in [5.41, 5.74) is 3.72. The van der Waals surface area contributed by atoms with Crippen LogP contribution in [-0.2, 0) is 9.53 Å². The molecule has 5 saturated carbocycles. The predicted molar refractivity (Wildman–Crippen MR) is 168 cm³/mol. The maximum atomic E-state index is 11.7. The number of hydrogen-bond acceptors (Lipinski definition) is 4. The molecule has 4 nitrogen and oxygen atoms in total. The Labute approximate surface area is 251 Å². The largest absolute Gasteiger partial charge is 0.461 e. The minimum absolute atomic E-state index is 0.0224. The van der Waals surface area contributed by atoms with Crippen LogP contribution in [0.3, 0.4) is 0 Å². The van der Waals surface area contributed by atoms with Gasteiger partial charge in [0.15, 0.2) is 0 Å². The zero-order chi connectivity index (χ0) is 30.0. The second-order valence-corrected chi connectivity index (χ2v) is 16.4. The van der Waals surface area contributed by atoms with Crippen LogP contribution in [0.5, 0.6) is 0 Å². The molecule has 2 N–H and O–H groups in total. The number of rotatable bonds is 8. The van der Waals surface area contributed by atoms with E-state index in [4.69, 9.17) is 4.74 Å². The van der Waals surface area contributed by atoms with Crippen molar-refractivity contribution in [2.24, 2.45) is 62.6 Å². The number of allylic oxidation sites excluding steroid dienone is 1. The van der Waals surface area contributed by atoms with Crippen LogP contribution in [0.15, 0.2) is 24.4 Å². The zero-order valence-electron chi connectivity index (χ0n) is 27.5. The van der Waals surface area contributed by atoms with E-state index in [9.17, 15) is 9.90 Å². The van der Waals surface area contributed by atoms with Crippen LogP contribution in [0.25, 0.3) is 0 Å². The number of carbonyl (C=O) groups excluding carboxylic acids is 1. The van der Waals surface area contributed by atoms with E-state index in [1.165, 1.54) is 58.3 Å². The van der Waals surface area contributed by atoms with E-state index in [-0.39, 0.29) is 23.4 Å². The van der Waals surface area contributed by atoms with Gasteiger partial charge in [0.1, 0.15) is 6.61 Å². The molecular formula is C37H61NO3. The molecule has 11 atom stereocenters. The second-order valence-electron chi connectivity index (χ2n) is 16.4. The molecule has 0 aromatic heterocycles. The Balaban J connectivity index is 1.52. The van der Waals surface area contributed by atoms with Crippen molar-refractivity contribution in [3.8, 4) is 0 Å². The first-order chi connectivity index (χ1) is 19.2. The molecule has 5 fully saturated rings. The minimum Gasteiger partial charge on any atom is -0.461 e. The van der Waals surface area contributed by atoms with Crippen LogP contribution in [0.2, 0.25) is 0 Å². The SMILES string of the molecule is C=C(COC(C)=O)C1CC[C@]2(C(=C)NCCO)CC[C@]3(C)C(CC[C@@H]4[C@@]5(C)CC[C@H](C)[C@@](C)(CC)[C@@H]5CC[C@]43C)[C@@H]12. The summed E-state index contributed by atoms with van der Waals surface area (Å²) in [7, 11) is 0. The van der Waals surface area contributed by atoms with Crippen molar-refractivity contribution >= 4 is 5.97 Å². The lowest BCUT2D eigenvalue weighted by Crippen LogP contribution is -2.66. The molecule has 5 aliphatic carbocycles. The molecule has 0 amide bonds. The van der Waals surface area contributed by atoms with Crippen molar-refractivity contribution in [3.63, 3.8) is 0 Å². The number of esters is 1. The smallest absolute Gasteiger partial charge is 0.302 e. The Morgan fingerprint density at radius 3 is 2.32 bits per heavy atom. The Bertz CT molecular complexity index is 1050. The third-order valence-corrected chi connectivity index (χ3v) is 15.5. The summed E-state index contributed by atoms with van der Waals surface area (Å²) in [6.45, 7) is 27.4. The van der Waals surface area contributed by atoms with Crippen LogP contribution in [0.1, 0.15) is 119 Å². The highest BCUT2D eigenvalue weighted by molar-refractivity contribution is 5.66. The number of fused-ring (bicyclic) bond motifs is 7. The molecular weight excluding hydrogens is 506 g/mol. The van der Waals surface area contributed by atoms with E-state index >= 15 is 0 Å². The summed E-state index contributed by atoms with van der Waals surface area (Å²) in [4.78, 5) is 11.7. The Hall–Kier alpha value is -1.29. The Morgan fingerprint density at radius 1 is 0.927 bits per heavy atom. The molecule has 232 valence electrons. The number of aliphatic hydroxyl groups excluding tert-OH is 1. The van der Waals surface area contributed by atoms with Gasteiger partial charge >= 0.3 is 5.97 Å². The van der Waals surface area contributed by atoms with Gasteiger partial charge in [0.25, 0.3) is 0 Å². The highest BCUT2D eigenvalue weighted by Gasteiger charge is 2.71. The third-order valence-electron chi connectivity index (χ3n) is 15.5. The van der Waals surface area contributed by atoms with Crippen molar-refractivity contribution in [1.29, 1.82) is 0 Å². The summed E-state index contributed by atoms with van der Waals surface area (Å²) in [5, 5.41) is 13.2. The van der Waals surface area contributed by atoms with Gasteiger partial charge in [-0.3, -0.25) is 4.79 Å². The molecule has 0 aromatic carbocycles. The molecule has 0 radical (unpaired) electrons. The van der Waals surface area contributed by atoms with E-state index in [1.54, 1.807) is 0 Å². The fraction of sp³-hybridized carbons (Fsp3) is 0.865. The lowest BCUT2D eigenvalue weighted by atomic mass is 9.31. The highest BCUT2D eigenvalue weighted by atomic mass is 16.5. The van der Waals surface area contributed by atoms with Gasteiger partial charge in [-0.05, 0) is 127 Å². The molecule has 4 heteroatoms. The first-order valence-corrected chi connectivity index (χ1v) is 17.1. The van der Waals surface area contributed by atoms with Crippen LogP contribution >= 0.6 is 0 Å². The second kappa shape index (κ2) is 10.7. The fourth-order valence-corrected chi connectivity index (χ4v) is 12.8. The average molecular weight is 568 g/mol. The van der Waals surface area contributed by atoms with Crippen molar-refractivity contribution in [3.05, 3.63) is 24.4 Å². The summed E-state index contributed by atoms with van der Waals surface area (Å²) >= 11 is 0. The van der Waals surface area contributed by atoms with Gasteiger partial charge < -0.3 is 15.2 Å². The highest BCUT2D eigenvalue weighted by Crippen LogP contribution is 2.78. The predicted octanol–water partition coefficient (Wildman–Crippen LogP) is 8.31. The molecule has 41 heavy (non-hydrogen) atoms. The maximum Gasteiger partial charge on any atom is 0.302 e. The van der Waals surface area contributed by atoms with Gasteiger partial charge in [-0.2, -0.15) is 0 Å². The minimum atomic E-state index is -0.225. The molecule has 0 heterocycles. The first-order valence-electron chi connectivity index (χ1n) is 17.1. The number of aliphatic hydroxyl groups is 1. The van der Waals surface area contributed by atoms with Gasteiger partial charge in [-0.1, -0.05) is 61.1 Å². The van der Waals surface area contributed by atoms with E-state index in [1.807, 2.05) is 0 Å². The summed E-state index contributed by atoms with van der Waals surface area (Å²) in [6, 6.07) is 0. The van der Waals surface area contributed by atoms with Crippen LogP contribution in [-0.4, -0.2) is 30.8 Å². The molecule has 0 saturated heterocycles. The first kappa shape index (κ1) is 31.1. The van der Waals surface area contributed by atoms with Crippen LogP contribution < -0.4 is 5.32 Å². The Morgan fingerprint density at radius 2 is 1.66 bits per heavy atom. The Kier molecular flexibility index (Phi) is 8.13. The van der Waals surface area contributed by atoms with Gasteiger partial charge in [-0.15, -0.1) is 0 Å². The van der Waals surface area contributed by atoms with E-state index in [0.29, 0.717) is 47.2 Å². The summed E-state index contributed by atoms with van der Waals surface area (Å²) in [6.07, 6.45) is 14.0. The average Bonchev–Trinajstić information content (AvgIpc) is 3.34. The molecule has 0 spiro atoms. The summed E-state index contributed by atoms with van der Waals surface area (Å²) < 4.78 is 5.52. The van der Waals surface area contributed by atoms with Crippen molar-refractivity contribution < 1.29 is 14.6 Å². The molecule has 0 bridgehead atoms. The molecule has 2 unspecified atom stereocenters. The lowest BCUT2D eigenvalue weighted by Gasteiger charge is -2.73.